The molecule has 0 aliphatic carbocycles. The van der Waals surface area contributed by atoms with Gasteiger partial charge in [0.05, 0.1) is 25.5 Å². The van der Waals surface area contributed by atoms with Crippen molar-refractivity contribution in [1.29, 1.82) is 0 Å². The van der Waals surface area contributed by atoms with Gasteiger partial charge in [0.15, 0.2) is 5.96 Å². The molecule has 0 saturated carbocycles. The van der Waals surface area contributed by atoms with Crippen LogP contribution in [-0.4, -0.2) is 50.4 Å². The lowest BCUT2D eigenvalue weighted by molar-refractivity contribution is -0.0390. The first-order chi connectivity index (χ1) is 14.8. The van der Waals surface area contributed by atoms with Crippen LogP contribution in [0.15, 0.2) is 52.1 Å². The van der Waals surface area contributed by atoms with Crippen LogP contribution < -0.4 is 10.6 Å². The van der Waals surface area contributed by atoms with Gasteiger partial charge in [0.1, 0.15) is 5.76 Å². The van der Waals surface area contributed by atoms with Crippen molar-refractivity contribution in [3.05, 3.63) is 59.5 Å². The van der Waals surface area contributed by atoms with E-state index in [1.54, 1.807) is 6.26 Å². The zero-order valence-corrected chi connectivity index (χ0v) is 18.6. The lowest BCUT2D eigenvalue weighted by Crippen LogP contribution is -2.39. The van der Waals surface area contributed by atoms with Gasteiger partial charge in [0.2, 0.25) is 0 Å². The van der Waals surface area contributed by atoms with Crippen LogP contribution in [0.3, 0.4) is 0 Å². The molecule has 1 aromatic carbocycles. The second-order valence-corrected chi connectivity index (χ2v) is 8.27. The Labute approximate surface area is 183 Å². The van der Waals surface area contributed by atoms with Crippen molar-refractivity contribution in [2.75, 3.05) is 38.3 Å². The Bertz CT molecular complexity index is 729. The van der Waals surface area contributed by atoms with E-state index in [2.05, 4.69) is 41.2 Å². The van der Waals surface area contributed by atoms with Gasteiger partial charge in [-0.25, -0.2) is 4.99 Å². The number of rotatable bonds is 11. The molecule has 1 aromatic heterocycles. The van der Waals surface area contributed by atoms with Crippen molar-refractivity contribution in [2.24, 2.45) is 4.99 Å². The fourth-order valence-electron chi connectivity index (χ4n) is 3.17. The number of thioether (sulfide) groups is 1. The van der Waals surface area contributed by atoms with Crippen molar-refractivity contribution in [2.45, 2.75) is 38.5 Å². The number of nitrogens with one attached hydrogen (secondary N) is 2. The zero-order chi connectivity index (χ0) is 20.9. The quantitative estimate of drug-likeness (QED) is 0.322. The normalized spacial score (nSPS) is 15.3. The van der Waals surface area contributed by atoms with Gasteiger partial charge in [0.25, 0.3) is 0 Å². The zero-order valence-electron chi connectivity index (χ0n) is 17.8. The molecule has 1 fully saturated rings. The molecule has 1 aliphatic heterocycles. The summed E-state index contributed by atoms with van der Waals surface area (Å²) in [4.78, 5) is 4.74. The Morgan fingerprint density at radius 1 is 1.10 bits per heavy atom. The fraction of sp³-hybridized carbons (Fsp3) is 0.522. The standard InChI is InChI=1S/C23H33N3O3S/c1-30-16-12-25-23(24-11-8-21-3-2-13-28-21)26-17-19-4-6-20(7-5-19)18-29-22-9-14-27-15-10-22/h2-7,13,22H,8-12,14-18H2,1H3,(H2,24,25,26). The van der Waals surface area contributed by atoms with Crippen LogP contribution in [-0.2, 0) is 29.0 Å². The summed E-state index contributed by atoms with van der Waals surface area (Å²) in [5.41, 5.74) is 2.38. The molecule has 1 saturated heterocycles. The highest BCUT2D eigenvalue weighted by Crippen LogP contribution is 2.14. The maximum absolute atomic E-state index is 6.00. The van der Waals surface area contributed by atoms with E-state index in [1.807, 2.05) is 23.9 Å². The predicted octanol–water partition coefficient (Wildman–Crippen LogP) is 3.62. The number of benzene rings is 1. The van der Waals surface area contributed by atoms with Gasteiger partial charge in [0, 0.05) is 38.5 Å². The molecule has 2 aromatic rings. The summed E-state index contributed by atoms with van der Waals surface area (Å²) in [6, 6.07) is 12.4. The number of aliphatic imine (C=N–C) groups is 1. The van der Waals surface area contributed by atoms with Crippen LogP contribution in [0.25, 0.3) is 0 Å². The van der Waals surface area contributed by atoms with Crippen LogP contribution in [0, 0.1) is 0 Å². The molecule has 2 N–H and O–H groups in total. The van der Waals surface area contributed by atoms with Gasteiger partial charge in [-0.1, -0.05) is 24.3 Å². The van der Waals surface area contributed by atoms with E-state index in [0.29, 0.717) is 19.3 Å². The molecule has 2 heterocycles. The first kappa shape index (κ1) is 22.7. The lowest BCUT2D eigenvalue weighted by Gasteiger charge is -2.22. The summed E-state index contributed by atoms with van der Waals surface area (Å²) >= 11 is 1.82. The molecular weight excluding hydrogens is 398 g/mol. The Hall–Kier alpha value is -1.96. The summed E-state index contributed by atoms with van der Waals surface area (Å²) < 4.78 is 16.8. The van der Waals surface area contributed by atoms with Crippen LogP contribution in [0.5, 0.6) is 0 Å². The van der Waals surface area contributed by atoms with E-state index in [9.17, 15) is 0 Å². The lowest BCUT2D eigenvalue weighted by atomic mass is 10.1. The van der Waals surface area contributed by atoms with Crippen LogP contribution in [0.4, 0.5) is 0 Å². The van der Waals surface area contributed by atoms with Gasteiger partial charge in [-0.3, -0.25) is 0 Å². The number of guanidine groups is 1. The van der Waals surface area contributed by atoms with E-state index in [-0.39, 0.29) is 0 Å². The largest absolute Gasteiger partial charge is 0.469 e. The first-order valence-electron chi connectivity index (χ1n) is 10.6. The van der Waals surface area contributed by atoms with Gasteiger partial charge in [-0.15, -0.1) is 0 Å². The van der Waals surface area contributed by atoms with E-state index in [1.165, 1.54) is 11.1 Å². The average molecular weight is 432 g/mol. The van der Waals surface area contributed by atoms with Gasteiger partial charge >= 0.3 is 0 Å². The molecule has 6 nitrogen and oxygen atoms in total. The summed E-state index contributed by atoms with van der Waals surface area (Å²) in [5.74, 6) is 2.85. The summed E-state index contributed by atoms with van der Waals surface area (Å²) in [7, 11) is 0. The Kier molecular flexibility index (Phi) is 10.1. The number of ether oxygens (including phenoxy) is 2. The van der Waals surface area contributed by atoms with Crippen molar-refractivity contribution in [3.8, 4) is 0 Å². The third-order valence-electron chi connectivity index (χ3n) is 4.94. The topological polar surface area (TPSA) is 68.0 Å². The van der Waals surface area contributed by atoms with Gasteiger partial charge in [-0.2, -0.15) is 11.8 Å². The molecule has 0 unspecified atom stereocenters. The molecule has 30 heavy (non-hydrogen) atoms. The second-order valence-electron chi connectivity index (χ2n) is 7.28. The van der Waals surface area contributed by atoms with Gasteiger partial charge in [-0.05, 0) is 42.4 Å². The Morgan fingerprint density at radius 2 is 1.87 bits per heavy atom. The second kappa shape index (κ2) is 13.4. The molecule has 3 rings (SSSR count). The molecule has 0 bridgehead atoms. The minimum atomic E-state index is 0.324. The summed E-state index contributed by atoms with van der Waals surface area (Å²) in [6.07, 6.45) is 6.95. The molecular formula is C23H33N3O3S. The third kappa shape index (κ3) is 8.42. The van der Waals surface area contributed by atoms with E-state index >= 15 is 0 Å². The highest BCUT2D eigenvalue weighted by molar-refractivity contribution is 7.98. The van der Waals surface area contributed by atoms with Gasteiger partial charge < -0.3 is 24.5 Å². The maximum atomic E-state index is 6.00. The molecule has 1 aliphatic rings. The van der Waals surface area contributed by atoms with Crippen molar-refractivity contribution in [3.63, 3.8) is 0 Å². The van der Waals surface area contributed by atoms with Crippen molar-refractivity contribution in [1.82, 2.24) is 10.6 Å². The number of nitrogens with zero attached hydrogens (tertiary/aromatic N) is 1. The fourth-order valence-corrected chi connectivity index (χ4v) is 3.48. The van der Waals surface area contributed by atoms with E-state index in [0.717, 1.165) is 63.0 Å². The number of hydrogen-bond acceptors (Lipinski definition) is 5. The molecule has 0 radical (unpaired) electrons. The Morgan fingerprint density at radius 3 is 2.60 bits per heavy atom. The molecule has 164 valence electrons. The monoisotopic (exact) mass is 431 g/mol. The SMILES string of the molecule is CSCCNC(=NCc1ccc(COC2CCOCC2)cc1)NCCc1ccco1. The molecule has 7 heteroatoms. The van der Waals surface area contributed by atoms with Crippen LogP contribution in [0.2, 0.25) is 0 Å². The minimum Gasteiger partial charge on any atom is -0.469 e. The maximum Gasteiger partial charge on any atom is 0.191 e. The smallest absolute Gasteiger partial charge is 0.191 e. The van der Waals surface area contributed by atoms with Crippen molar-refractivity contribution >= 4 is 17.7 Å². The number of hydrogen-bond donors (Lipinski definition) is 2. The average Bonchev–Trinajstić information content (AvgIpc) is 3.31. The molecule has 0 spiro atoms. The Balaban J connectivity index is 1.46. The van der Waals surface area contributed by atoms with Crippen LogP contribution in [0.1, 0.15) is 29.7 Å². The minimum absolute atomic E-state index is 0.324. The summed E-state index contributed by atoms with van der Waals surface area (Å²) in [5, 5.41) is 6.79. The number of furan rings is 1. The predicted molar refractivity (Wildman–Crippen MR) is 123 cm³/mol. The molecule has 0 atom stereocenters. The third-order valence-corrected chi connectivity index (χ3v) is 5.55. The molecule has 0 amide bonds. The van der Waals surface area contributed by atoms with Crippen LogP contribution >= 0.6 is 11.8 Å². The highest BCUT2D eigenvalue weighted by atomic mass is 32.2. The highest BCUT2D eigenvalue weighted by Gasteiger charge is 2.13. The van der Waals surface area contributed by atoms with E-state index < -0.39 is 0 Å². The summed E-state index contributed by atoms with van der Waals surface area (Å²) in [6.45, 7) is 4.58. The van der Waals surface area contributed by atoms with E-state index in [4.69, 9.17) is 18.9 Å². The first-order valence-corrected chi connectivity index (χ1v) is 12.0. The van der Waals surface area contributed by atoms with Crippen molar-refractivity contribution < 1.29 is 13.9 Å².